The fourth-order valence-corrected chi connectivity index (χ4v) is 4.94. The fourth-order valence-electron chi connectivity index (χ4n) is 4.19. The van der Waals surface area contributed by atoms with Crippen LogP contribution in [0, 0.1) is 11.8 Å². The van der Waals surface area contributed by atoms with Gasteiger partial charge in [-0.25, -0.2) is 4.98 Å². The first-order chi connectivity index (χ1) is 19.2. The van der Waals surface area contributed by atoms with E-state index in [9.17, 15) is 34.2 Å². The second-order valence-corrected chi connectivity index (χ2v) is 11.0. The molecule has 0 bridgehead atoms. The minimum Gasteiger partial charge on any atom is -0.508 e. The Morgan fingerprint density at radius 3 is 2.15 bits per heavy atom. The van der Waals surface area contributed by atoms with Crippen LogP contribution in [0.25, 0.3) is 0 Å². The maximum atomic E-state index is 13.2. The molecule has 4 atom stereocenters. The standard InChI is InChI=1S/C26H37N7O7S/c1-13(2)26(24(28)40,33-25-30-10-18(12-34)41-25)14(3)22(38)31-15(4)23(39)29-11-20(36)32-19(21(27)37)9-16-5-7-17(35)8-6-16/h5-8,10,13-15,19,34-35H,9,11-12H2,1-4H3,(H2,27,37)(H2,28,40)(H,29,39)(H,30,33)(H,31,38)(H,32,36)/t14-,15+,19+,26?/m1/s1. The van der Waals surface area contributed by atoms with Gasteiger partial charge in [0, 0.05) is 12.6 Å². The van der Waals surface area contributed by atoms with Crippen molar-refractivity contribution >= 4 is 46.0 Å². The van der Waals surface area contributed by atoms with E-state index in [0.717, 1.165) is 11.3 Å². The molecule has 14 nitrogen and oxygen atoms in total. The van der Waals surface area contributed by atoms with Crippen LogP contribution < -0.4 is 32.7 Å². The maximum Gasteiger partial charge on any atom is 0.244 e. The predicted octanol–water partition coefficient (Wildman–Crippen LogP) is -0.897. The third-order valence-corrected chi connectivity index (χ3v) is 7.55. The highest BCUT2D eigenvalue weighted by molar-refractivity contribution is 7.15. The van der Waals surface area contributed by atoms with Gasteiger partial charge < -0.3 is 42.9 Å². The van der Waals surface area contributed by atoms with Crippen LogP contribution in [-0.2, 0) is 37.0 Å². The molecule has 41 heavy (non-hydrogen) atoms. The monoisotopic (exact) mass is 591 g/mol. The van der Waals surface area contributed by atoms with Crippen molar-refractivity contribution in [2.24, 2.45) is 23.3 Å². The molecule has 1 unspecified atom stereocenters. The van der Waals surface area contributed by atoms with Gasteiger partial charge in [0.2, 0.25) is 29.5 Å². The highest BCUT2D eigenvalue weighted by Crippen LogP contribution is 2.33. The summed E-state index contributed by atoms with van der Waals surface area (Å²) in [5.41, 5.74) is 10.2. The second-order valence-electron chi connectivity index (χ2n) is 9.87. The Bertz CT molecular complexity index is 1250. The largest absolute Gasteiger partial charge is 0.508 e. The Morgan fingerprint density at radius 2 is 1.63 bits per heavy atom. The van der Waals surface area contributed by atoms with Crippen LogP contribution in [0.2, 0.25) is 0 Å². The summed E-state index contributed by atoms with van der Waals surface area (Å²) < 4.78 is 0. The van der Waals surface area contributed by atoms with Gasteiger partial charge in [0.1, 0.15) is 23.4 Å². The average Bonchev–Trinajstić information content (AvgIpc) is 3.37. The van der Waals surface area contributed by atoms with Crippen molar-refractivity contribution in [1.82, 2.24) is 20.9 Å². The van der Waals surface area contributed by atoms with E-state index in [1.807, 2.05) is 0 Å². The van der Waals surface area contributed by atoms with E-state index in [1.165, 1.54) is 32.2 Å². The van der Waals surface area contributed by atoms with Crippen LogP contribution in [0.1, 0.15) is 38.1 Å². The normalized spacial score (nSPS) is 14.7. The number of rotatable bonds is 15. The number of phenols is 1. The minimum absolute atomic E-state index is 0.0451. The van der Waals surface area contributed by atoms with Crippen molar-refractivity contribution < 1.29 is 34.2 Å². The number of nitrogens with zero attached hydrogens (tertiary/aromatic N) is 1. The number of aromatic hydroxyl groups is 1. The van der Waals surface area contributed by atoms with Gasteiger partial charge in [0.15, 0.2) is 5.13 Å². The Balaban J connectivity index is 2.00. The highest BCUT2D eigenvalue weighted by atomic mass is 32.1. The molecule has 0 spiro atoms. The van der Waals surface area contributed by atoms with Gasteiger partial charge in [-0.1, -0.05) is 44.2 Å². The molecule has 2 rings (SSSR count). The van der Waals surface area contributed by atoms with Gasteiger partial charge in [-0.3, -0.25) is 24.0 Å². The van der Waals surface area contributed by atoms with Gasteiger partial charge in [0.25, 0.3) is 0 Å². The zero-order valence-electron chi connectivity index (χ0n) is 23.3. The topological polar surface area (TPSA) is 239 Å². The first kappa shape index (κ1) is 33.0. The summed E-state index contributed by atoms with van der Waals surface area (Å²) in [5.74, 6) is -5.11. The van der Waals surface area contributed by atoms with Gasteiger partial charge in [-0.2, -0.15) is 0 Å². The Hall–Kier alpha value is -4.24. The van der Waals surface area contributed by atoms with Crippen molar-refractivity contribution in [1.29, 1.82) is 0 Å². The number of aromatic nitrogens is 1. The molecular formula is C26H37N7O7S. The SMILES string of the molecule is CC(C)C(Nc1ncc(CO)s1)(C(N)=O)[C@H](C)C(=O)N[C@@H](C)C(=O)NCC(=O)N[C@@H](Cc1ccc(O)cc1)C(N)=O. The van der Waals surface area contributed by atoms with Crippen LogP contribution in [0.3, 0.4) is 0 Å². The molecule has 0 aliphatic rings. The molecular weight excluding hydrogens is 554 g/mol. The first-order valence-corrected chi connectivity index (χ1v) is 13.6. The van der Waals surface area contributed by atoms with Crippen LogP contribution in [0.5, 0.6) is 5.75 Å². The van der Waals surface area contributed by atoms with Gasteiger partial charge in [-0.15, -0.1) is 0 Å². The molecule has 1 aromatic heterocycles. The highest BCUT2D eigenvalue weighted by Gasteiger charge is 2.49. The Labute approximate surface area is 241 Å². The van der Waals surface area contributed by atoms with Gasteiger partial charge in [0.05, 0.1) is 23.9 Å². The zero-order chi connectivity index (χ0) is 30.9. The van der Waals surface area contributed by atoms with Crippen LogP contribution >= 0.6 is 11.3 Å². The summed E-state index contributed by atoms with van der Waals surface area (Å²) >= 11 is 1.11. The summed E-state index contributed by atoms with van der Waals surface area (Å²) in [7, 11) is 0. The molecule has 15 heteroatoms. The number of nitrogens with one attached hydrogen (secondary N) is 4. The molecule has 0 aliphatic carbocycles. The Kier molecular flexibility index (Phi) is 11.6. The first-order valence-electron chi connectivity index (χ1n) is 12.8. The molecule has 5 amide bonds. The van der Waals surface area contributed by atoms with Crippen molar-refractivity contribution in [3.8, 4) is 5.75 Å². The maximum absolute atomic E-state index is 13.2. The number of benzene rings is 1. The third kappa shape index (κ3) is 8.62. The van der Waals surface area contributed by atoms with E-state index < -0.39 is 65.5 Å². The number of primary amides is 2. The molecule has 224 valence electrons. The smallest absolute Gasteiger partial charge is 0.244 e. The number of anilines is 1. The average molecular weight is 592 g/mol. The predicted molar refractivity (Wildman–Crippen MR) is 151 cm³/mol. The number of phenolic OH excluding ortho intramolecular Hbond substituents is 1. The number of hydrogen-bond donors (Lipinski definition) is 8. The number of aliphatic hydroxyl groups is 1. The molecule has 2 aromatic rings. The number of carbonyl (C=O) groups is 5. The van der Waals surface area contributed by atoms with E-state index in [4.69, 9.17) is 11.5 Å². The summed E-state index contributed by atoms with van der Waals surface area (Å²) in [5, 5.41) is 29.4. The van der Waals surface area contributed by atoms with Gasteiger partial charge >= 0.3 is 0 Å². The summed E-state index contributed by atoms with van der Waals surface area (Å²) in [4.78, 5) is 67.4. The second kappa shape index (κ2) is 14.4. The van der Waals surface area contributed by atoms with Crippen molar-refractivity contribution in [3.63, 3.8) is 0 Å². The number of carbonyl (C=O) groups excluding carboxylic acids is 5. The summed E-state index contributed by atoms with van der Waals surface area (Å²) in [6, 6.07) is 3.87. The summed E-state index contributed by atoms with van der Waals surface area (Å²) in [6.45, 7) is 5.56. The fraction of sp³-hybridized carbons (Fsp3) is 0.462. The van der Waals surface area contributed by atoms with E-state index in [2.05, 4.69) is 26.3 Å². The van der Waals surface area contributed by atoms with E-state index in [-0.39, 0.29) is 23.9 Å². The van der Waals surface area contributed by atoms with Gasteiger partial charge in [-0.05, 0) is 30.5 Å². The zero-order valence-corrected chi connectivity index (χ0v) is 24.1. The van der Waals surface area contributed by atoms with E-state index >= 15 is 0 Å². The quantitative estimate of drug-likeness (QED) is 0.128. The van der Waals surface area contributed by atoms with Crippen LogP contribution in [0.15, 0.2) is 30.5 Å². The molecule has 1 heterocycles. The number of thiazole rings is 1. The van der Waals surface area contributed by atoms with Crippen molar-refractivity contribution in [2.45, 2.75) is 58.3 Å². The van der Waals surface area contributed by atoms with Crippen molar-refractivity contribution in [3.05, 3.63) is 40.9 Å². The molecule has 1 aromatic carbocycles. The lowest BCUT2D eigenvalue weighted by molar-refractivity contribution is -0.136. The molecule has 0 saturated carbocycles. The molecule has 0 radical (unpaired) electrons. The lowest BCUT2D eigenvalue weighted by atomic mass is 9.74. The molecule has 10 N–H and O–H groups in total. The number of nitrogens with two attached hydrogens (primary N) is 2. The van der Waals surface area contributed by atoms with E-state index in [0.29, 0.717) is 10.4 Å². The van der Waals surface area contributed by atoms with E-state index in [1.54, 1.807) is 26.0 Å². The summed E-state index contributed by atoms with van der Waals surface area (Å²) in [6.07, 6.45) is 1.51. The Morgan fingerprint density at radius 1 is 1.00 bits per heavy atom. The molecule has 0 fully saturated rings. The lowest BCUT2D eigenvalue weighted by Gasteiger charge is -2.40. The van der Waals surface area contributed by atoms with Crippen LogP contribution in [-0.4, -0.2) is 68.9 Å². The number of amides is 5. The number of aliphatic hydroxyl groups excluding tert-OH is 1. The molecule has 0 aliphatic heterocycles. The minimum atomic E-state index is -1.58. The number of hydrogen-bond acceptors (Lipinski definition) is 10. The molecule has 0 saturated heterocycles. The van der Waals surface area contributed by atoms with Crippen molar-refractivity contribution in [2.75, 3.05) is 11.9 Å². The third-order valence-electron chi connectivity index (χ3n) is 6.65. The lowest BCUT2D eigenvalue weighted by Crippen LogP contribution is -2.63. The van der Waals surface area contributed by atoms with Crippen LogP contribution in [0.4, 0.5) is 5.13 Å².